The van der Waals surface area contributed by atoms with Crippen LogP contribution < -0.4 is 14.8 Å². The first-order chi connectivity index (χ1) is 11.4. The molecule has 0 saturated carbocycles. The second kappa shape index (κ2) is 7.86. The van der Waals surface area contributed by atoms with Gasteiger partial charge < -0.3 is 14.8 Å². The number of methoxy groups -OCH3 is 1. The first-order valence-corrected chi connectivity index (χ1v) is 8.06. The molecule has 0 bridgehead atoms. The van der Waals surface area contributed by atoms with Gasteiger partial charge in [-0.05, 0) is 57.0 Å². The van der Waals surface area contributed by atoms with E-state index < -0.39 is 6.10 Å². The van der Waals surface area contributed by atoms with E-state index in [0.717, 1.165) is 12.2 Å². The van der Waals surface area contributed by atoms with Gasteiger partial charge in [0, 0.05) is 5.54 Å². The van der Waals surface area contributed by atoms with E-state index in [-0.39, 0.29) is 11.4 Å². The molecule has 0 aliphatic heterocycles. The monoisotopic (exact) mass is 327 g/mol. The van der Waals surface area contributed by atoms with Crippen molar-refractivity contribution >= 4 is 5.91 Å². The highest BCUT2D eigenvalue weighted by Gasteiger charge is 2.24. The number of carbonyl (C=O) groups excluding carboxylic acids is 1. The van der Waals surface area contributed by atoms with Crippen molar-refractivity contribution in [3.63, 3.8) is 0 Å². The number of hydrogen-bond acceptors (Lipinski definition) is 3. The molecule has 0 aromatic heterocycles. The van der Waals surface area contributed by atoms with E-state index in [0.29, 0.717) is 5.75 Å². The minimum absolute atomic E-state index is 0.133. The van der Waals surface area contributed by atoms with E-state index in [1.807, 2.05) is 32.0 Å². The molecule has 4 heteroatoms. The average molecular weight is 327 g/mol. The third kappa shape index (κ3) is 5.30. The Balaban J connectivity index is 1.92. The van der Waals surface area contributed by atoms with Crippen LogP contribution in [0.5, 0.6) is 11.5 Å². The van der Waals surface area contributed by atoms with Gasteiger partial charge >= 0.3 is 0 Å². The molecule has 0 spiro atoms. The summed E-state index contributed by atoms with van der Waals surface area (Å²) in [6.45, 7) is 5.77. The fraction of sp³-hybridized carbons (Fsp3) is 0.350. The molecule has 2 aromatic rings. The highest BCUT2D eigenvalue weighted by Crippen LogP contribution is 2.19. The SMILES string of the molecule is COc1ccc(O[C@@H](C)C(=O)NC(C)(C)Cc2ccccc2)cc1. The lowest BCUT2D eigenvalue weighted by molar-refractivity contribution is -0.128. The highest BCUT2D eigenvalue weighted by atomic mass is 16.5. The van der Waals surface area contributed by atoms with Crippen LogP contribution in [-0.4, -0.2) is 24.7 Å². The zero-order valence-electron chi connectivity index (χ0n) is 14.7. The quantitative estimate of drug-likeness (QED) is 0.845. The fourth-order valence-corrected chi connectivity index (χ4v) is 2.50. The Morgan fingerprint density at radius 1 is 1.04 bits per heavy atom. The van der Waals surface area contributed by atoms with Crippen LogP contribution in [-0.2, 0) is 11.2 Å². The van der Waals surface area contributed by atoms with E-state index in [1.165, 1.54) is 5.56 Å². The Labute approximate surface area is 143 Å². The average Bonchev–Trinajstić information content (AvgIpc) is 2.55. The number of hydrogen-bond donors (Lipinski definition) is 1. The summed E-state index contributed by atoms with van der Waals surface area (Å²) >= 11 is 0. The van der Waals surface area contributed by atoms with E-state index in [4.69, 9.17) is 9.47 Å². The summed E-state index contributed by atoms with van der Waals surface area (Å²) in [7, 11) is 1.61. The molecule has 0 aliphatic carbocycles. The van der Waals surface area contributed by atoms with Gasteiger partial charge in [0.15, 0.2) is 6.10 Å². The Bertz CT molecular complexity index is 650. The maximum absolute atomic E-state index is 12.4. The van der Waals surface area contributed by atoms with E-state index in [9.17, 15) is 4.79 Å². The third-order valence-corrected chi connectivity index (χ3v) is 3.69. The summed E-state index contributed by atoms with van der Waals surface area (Å²) in [4.78, 5) is 12.4. The lowest BCUT2D eigenvalue weighted by Crippen LogP contribution is -2.49. The van der Waals surface area contributed by atoms with Gasteiger partial charge in [0.1, 0.15) is 11.5 Å². The maximum atomic E-state index is 12.4. The number of ether oxygens (including phenoxy) is 2. The van der Waals surface area contributed by atoms with Crippen LogP contribution in [0.3, 0.4) is 0 Å². The van der Waals surface area contributed by atoms with Crippen molar-refractivity contribution in [2.75, 3.05) is 7.11 Å². The Kier molecular flexibility index (Phi) is 5.85. The molecule has 0 unspecified atom stereocenters. The minimum atomic E-state index is -0.576. The smallest absolute Gasteiger partial charge is 0.261 e. The van der Waals surface area contributed by atoms with Crippen LogP contribution in [0.2, 0.25) is 0 Å². The first kappa shape index (κ1) is 17.9. The van der Waals surface area contributed by atoms with Crippen molar-refractivity contribution in [1.82, 2.24) is 5.32 Å². The zero-order chi connectivity index (χ0) is 17.6. The number of benzene rings is 2. The van der Waals surface area contributed by atoms with E-state index in [1.54, 1.807) is 38.3 Å². The van der Waals surface area contributed by atoms with Crippen molar-refractivity contribution in [2.24, 2.45) is 0 Å². The molecular formula is C20H25NO3. The lowest BCUT2D eigenvalue weighted by atomic mass is 9.94. The van der Waals surface area contributed by atoms with Crippen LogP contribution in [0.25, 0.3) is 0 Å². The normalized spacial score (nSPS) is 12.3. The summed E-state index contributed by atoms with van der Waals surface area (Å²) in [5, 5.41) is 3.06. The summed E-state index contributed by atoms with van der Waals surface area (Å²) in [5.41, 5.74) is 0.835. The molecule has 1 amide bonds. The number of rotatable bonds is 7. The minimum Gasteiger partial charge on any atom is -0.497 e. The Morgan fingerprint density at radius 2 is 1.62 bits per heavy atom. The highest BCUT2D eigenvalue weighted by molar-refractivity contribution is 5.81. The molecule has 0 heterocycles. The molecule has 4 nitrogen and oxygen atoms in total. The van der Waals surface area contributed by atoms with Gasteiger partial charge in [-0.3, -0.25) is 4.79 Å². The van der Waals surface area contributed by atoms with Crippen molar-refractivity contribution in [2.45, 2.75) is 38.8 Å². The third-order valence-electron chi connectivity index (χ3n) is 3.69. The van der Waals surface area contributed by atoms with Gasteiger partial charge in [-0.25, -0.2) is 0 Å². The summed E-state index contributed by atoms with van der Waals surface area (Å²) < 4.78 is 10.8. The van der Waals surface area contributed by atoms with Crippen LogP contribution in [0, 0.1) is 0 Å². The molecule has 128 valence electrons. The fourth-order valence-electron chi connectivity index (χ4n) is 2.50. The standard InChI is InChI=1S/C20H25NO3/c1-15(24-18-12-10-17(23-4)11-13-18)19(22)21-20(2,3)14-16-8-6-5-7-9-16/h5-13,15H,14H2,1-4H3,(H,21,22)/t15-/m0/s1. The predicted molar refractivity (Wildman–Crippen MR) is 95.5 cm³/mol. The molecule has 2 aromatic carbocycles. The van der Waals surface area contributed by atoms with E-state index in [2.05, 4.69) is 17.4 Å². The molecular weight excluding hydrogens is 302 g/mol. The van der Waals surface area contributed by atoms with Crippen molar-refractivity contribution in [1.29, 1.82) is 0 Å². The maximum Gasteiger partial charge on any atom is 0.261 e. The molecule has 0 aliphatic rings. The van der Waals surface area contributed by atoms with Crippen LogP contribution in [0.15, 0.2) is 54.6 Å². The van der Waals surface area contributed by atoms with Gasteiger partial charge in [0.05, 0.1) is 7.11 Å². The number of carbonyl (C=O) groups is 1. The van der Waals surface area contributed by atoms with E-state index >= 15 is 0 Å². The number of nitrogens with one attached hydrogen (secondary N) is 1. The molecule has 0 fully saturated rings. The molecule has 1 N–H and O–H groups in total. The van der Waals surface area contributed by atoms with Gasteiger partial charge in [-0.2, -0.15) is 0 Å². The van der Waals surface area contributed by atoms with Crippen molar-refractivity contribution < 1.29 is 14.3 Å². The molecule has 1 atom stereocenters. The summed E-state index contributed by atoms with van der Waals surface area (Å²) in [6.07, 6.45) is 0.183. The predicted octanol–water partition coefficient (Wildman–Crippen LogP) is 3.60. The second-order valence-corrected chi connectivity index (χ2v) is 6.47. The first-order valence-electron chi connectivity index (χ1n) is 8.06. The van der Waals surface area contributed by atoms with Gasteiger partial charge in [0.2, 0.25) is 0 Å². The van der Waals surface area contributed by atoms with Crippen molar-refractivity contribution in [3.8, 4) is 11.5 Å². The molecule has 2 rings (SSSR count). The largest absolute Gasteiger partial charge is 0.497 e. The number of amides is 1. The van der Waals surface area contributed by atoms with Gasteiger partial charge in [0.25, 0.3) is 5.91 Å². The van der Waals surface area contributed by atoms with Crippen LogP contribution >= 0.6 is 0 Å². The van der Waals surface area contributed by atoms with Crippen LogP contribution in [0.4, 0.5) is 0 Å². The lowest BCUT2D eigenvalue weighted by Gasteiger charge is -2.28. The van der Waals surface area contributed by atoms with Crippen molar-refractivity contribution in [3.05, 3.63) is 60.2 Å². The van der Waals surface area contributed by atoms with Gasteiger partial charge in [-0.15, -0.1) is 0 Å². The Morgan fingerprint density at radius 3 is 2.21 bits per heavy atom. The molecule has 0 saturated heterocycles. The second-order valence-electron chi connectivity index (χ2n) is 6.47. The van der Waals surface area contributed by atoms with Crippen LogP contribution in [0.1, 0.15) is 26.3 Å². The Hall–Kier alpha value is -2.49. The summed E-state index contributed by atoms with van der Waals surface area (Å²) in [6, 6.07) is 17.3. The van der Waals surface area contributed by atoms with Gasteiger partial charge in [-0.1, -0.05) is 30.3 Å². The summed E-state index contributed by atoms with van der Waals surface area (Å²) in [5.74, 6) is 1.26. The zero-order valence-corrected chi connectivity index (χ0v) is 14.7. The molecule has 0 radical (unpaired) electrons. The topological polar surface area (TPSA) is 47.6 Å². The molecule has 24 heavy (non-hydrogen) atoms.